The van der Waals surface area contributed by atoms with Crippen molar-refractivity contribution in [1.82, 2.24) is 0 Å². The first-order valence-electron chi connectivity index (χ1n) is 4.29. The van der Waals surface area contributed by atoms with Crippen LogP contribution in [0.2, 0.25) is 0 Å². The van der Waals surface area contributed by atoms with Gasteiger partial charge in [-0.3, -0.25) is 0 Å². The van der Waals surface area contributed by atoms with Crippen molar-refractivity contribution in [3.63, 3.8) is 0 Å². The third kappa shape index (κ3) is 7.09. The molecule has 0 N–H and O–H groups in total. The highest BCUT2D eigenvalue weighted by atomic mass is 16.5. The van der Waals surface area contributed by atoms with Crippen LogP contribution < -0.4 is 0 Å². The summed E-state index contributed by atoms with van der Waals surface area (Å²) in [5.74, 6) is -0.854. The average Bonchev–Trinajstić information content (AvgIpc) is 2.17. The van der Waals surface area contributed by atoms with Crippen LogP contribution in [-0.4, -0.2) is 25.2 Å². The summed E-state index contributed by atoms with van der Waals surface area (Å²) in [5.41, 5.74) is 0. The molecule has 0 saturated heterocycles. The van der Waals surface area contributed by atoms with Crippen LogP contribution in [-0.2, 0) is 19.1 Å². The van der Waals surface area contributed by atoms with Gasteiger partial charge >= 0.3 is 11.9 Å². The largest absolute Gasteiger partial charge is 0.462 e. The molecule has 4 nitrogen and oxygen atoms in total. The van der Waals surface area contributed by atoms with Crippen LogP contribution in [0.5, 0.6) is 0 Å². The Bertz CT molecular complexity index is 230. The molecule has 14 heavy (non-hydrogen) atoms. The molecule has 0 bridgehead atoms. The maximum absolute atomic E-state index is 10.8. The SMILES string of the molecule is C=CC(=O)OCCCOC(=O)C=CC. The van der Waals surface area contributed by atoms with Crippen molar-refractivity contribution < 1.29 is 19.1 Å². The number of hydrogen-bond acceptors (Lipinski definition) is 4. The van der Waals surface area contributed by atoms with Crippen molar-refractivity contribution in [2.75, 3.05) is 13.2 Å². The summed E-state index contributed by atoms with van der Waals surface area (Å²) < 4.78 is 9.42. The molecule has 0 fully saturated rings. The zero-order chi connectivity index (χ0) is 10.8. The van der Waals surface area contributed by atoms with E-state index in [-0.39, 0.29) is 19.2 Å². The number of carbonyl (C=O) groups is 2. The highest BCUT2D eigenvalue weighted by Crippen LogP contribution is 1.88. The monoisotopic (exact) mass is 198 g/mol. The van der Waals surface area contributed by atoms with Gasteiger partial charge in [-0.2, -0.15) is 0 Å². The van der Waals surface area contributed by atoms with Crippen molar-refractivity contribution in [2.24, 2.45) is 0 Å². The van der Waals surface area contributed by atoms with Crippen LogP contribution >= 0.6 is 0 Å². The van der Waals surface area contributed by atoms with Crippen molar-refractivity contribution in [1.29, 1.82) is 0 Å². The lowest BCUT2D eigenvalue weighted by atomic mass is 10.5. The number of ether oxygens (including phenoxy) is 2. The minimum atomic E-state index is -0.468. The van der Waals surface area contributed by atoms with Crippen molar-refractivity contribution >= 4 is 11.9 Å². The molecule has 0 rings (SSSR count). The smallest absolute Gasteiger partial charge is 0.330 e. The molecule has 0 aromatic heterocycles. The van der Waals surface area contributed by atoms with E-state index in [1.165, 1.54) is 6.08 Å². The minimum absolute atomic E-state index is 0.230. The number of rotatable bonds is 6. The fourth-order valence-corrected chi connectivity index (χ4v) is 0.648. The molecule has 0 aliphatic carbocycles. The van der Waals surface area contributed by atoms with Crippen LogP contribution in [0, 0.1) is 0 Å². The molecule has 0 heterocycles. The first kappa shape index (κ1) is 12.4. The van der Waals surface area contributed by atoms with Crippen molar-refractivity contribution in [2.45, 2.75) is 13.3 Å². The van der Waals surface area contributed by atoms with Gasteiger partial charge in [-0.05, 0) is 6.92 Å². The lowest BCUT2D eigenvalue weighted by Gasteiger charge is -2.02. The molecule has 0 unspecified atom stereocenters. The zero-order valence-electron chi connectivity index (χ0n) is 8.19. The van der Waals surface area contributed by atoms with Crippen molar-refractivity contribution in [3.05, 3.63) is 24.8 Å². The second-order valence-electron chi connectivity index (χ2n) is 2.39. The Labute approximate surface area is 83.2 Å². The second-order valence-corrected chi connectivity index (χ2v) is 2.39. The molecule has 0 amide bonds. The van der Waals surface area contributed by atoms with Crippen LogP contribution in [0.3, 0.4) is 0 Å². The second kappa shape index (κ2) is 8.04. The normalized spacial score (nSPS) is 9.79. The van der Waals surface area contributed by atoms with E-state index in [1.807, 2.05) is 0 Å². The number of carbonyl (C=O) groups excluding carboxylic acids is 2. The summed E-state index contributed by atoms with van der Waals surface area (Å²) in [6, 6.07) is 0. The summed E-state index contributed by atoms with van der Waals surface area (Å²) in [7, 11) is 0. The molecule has 0 saturated carbocycles. The number of esters is 2. The highest BCUT2D eigenvalue weighted by Gasteiger charge is 1.97. The Balaban J connectivity index is 3.34. The maximum atomic E-state index is 10.8. The Kier molecular flexibility index (Phi) is 7.13. The molecule has 0 radical (unpaired) electrons. The topological polar surface area (TPSA) is 52.6 Å². The summed E-state index contributed by atoms with van der Waals surface area (Å²) in [6.07, 6.45) is 4.50. The molecule has 0 atom stereocenters. The molecule has 78 valence electrons. The Morgan fingerprint density at radius 2 is 1.79 bits per heavy atom. The van der Waals surface area contributed by atoms with Gasteiger partial charge < -0.3 is 9.47 Å². The van der Waals surface area contributed by atoms with Gasteiger partial charge in [0.1, 0.15) is 0 Å². The molecule has 0 aromatic rings. The van der Waals surface area contributed by atoms with E-state index in [2.05, 4.69) is 11.3 Å². The lowest BCUT2D eigenvalue weighted by molar-refractivity contribution is -0.140. The van der Waals surface area contributed by atoms with E-state index in [9.17, 15) is 9.59 Å². The first-order chi connectivity index (χ1) is 6.70. The van der Waals surface area contributed by atoms with E-state index in [1.54, 1.807) is 13.0 Å². The molecule has 0 aliphatic heterocycles. The lowest BCUT2D eigenvalue weighted by Crippen LogP contribution is -2.07. The van der Waals surface area contributed by atoms with Gasteiger partial charge in [-0.1, -0.05) is 12.7 Å². The van der Waals surface area contributed by atoms with E-state index >= 15 is 0 Å². The fourth-order valence-electron chi connectivity index (χ4n) is 0.648. The van der Waals surface area contributed by atoms with Crippen LogP contribution in [0.1, 0.15) is 13.3 Å². The van der Waals surface area contributed by atoms with Gasteiger partial charge in [-0.25, -0.2) is 9.59 Å². The molecular weight excluding hydrogens is 184 g/mol. The molecule has 4 heteroatoms. The minimum Gasteiger partial charge on any atom is -0.462 e. The van der Waals surface area contributed by atoms with E-state index < -0.39 is 5.97 Å². The van der Waals surface area contributed by atoms with Gasteiger partial charge in [0.2, 0.25) is 0 Å². The summed E-state index contributed by atoms with van der Waals surface area (Å²) in [5, 5.41) is 0. The quantitative estimate of drug-likeness (QED) is 0.366. The van der Waals surface area contributed by atoms with E-state index in [0.29, 0.717) is 6.42 Å². The van der Waals surface area contributed by atoms with Gasteiger partial charge in [0.05, 0.1) is 13.2 Å². The molecule has 0 spiro atoms. The third-order valence-electron chi connectivity index (χ3n) is 1.25. The standard InChI is InChI=1S/C10H14O4/c1-3-6-10(12)14-8-5-7-13-9(11)4-2/h3-4,6H,2,5,7-8H2,1H3. The Morgan fingerprint density at radius 1 is 1.21 bits per heavy atom. The average molecular weight is 198 g/mol. The van der Waals surface area contributed by atoms with Crippen LogP contribution in [0.15, 0.2) is 24.8 Å². The predicted molar refractivity (Wildman–Crippen MR) is 51.5 cm³/mol. The summed E-state index contributed by atoms with van der Waals surface area (Å²) in [6.45, 7) is 5.45. The van der Waals surface area contributed by atoms with Gasteiger partial charge in [0.15, 0.2) is 0 Å². The summed E-state index contributed by atoms with van der Waals surface area (Å²) >= 11 is 0. The molecule has 0 aromatic carbocycles. The highest BCUT2D eigenvalue weighted by molar-refractivity contribution is 5.81. The first-order valence-corrected chi connectivity index (χ1v) is 4.29. The molecular formula is C10H14O4. The van der Waals surface area contributed by atoms with E-state index in [0.717, 1.165) is 6.08 Å². The van der Waals surface area contributed by atoms with Gasteiger partial charge in [0.25, 0.3) is 0 Å². The van der Waals surface area contributed by atoms with Gasteiger partial charge in [0, 0.05) is 18.6 Å². The summed E-state index contributed by atoms with van der Waals surface area (Å²) in [4.78, 5) is 21.3. The number of hydrogen-bond donors (Lipinski definition) is 0. The van der Waals surface area contributed by atoms with Crippen LogP contribution in [0.4, 0.5) is 0 Å². The van der Waals surface area contributed by atoms with Gasteiger partial charge in [-0.15, -0.1) is 0 Å². The zero-order valence-corrected chi connectivity index (χ0v) is 8.19. The Hall–Kier alpha value is -1.58. The fraction of sp³-hybridized carbons (Fsp3) is 0.400. The third-order valence-corrected chi connectivity index (χ3v) is 1.25. The maximum Gasteiger partial charge on any atom is 0.330 e. The Morgan fingerprint density at radius 3 is 2.29 bits per heavy atom. The van der Waals surface area contributed by atoms with Crippen molar-refractivity contribution in [3.8, 4) is 0 Å². The van der Waals surface area contributed by atoms with E-state index in [4.69, 9.17) is 4.74 Å². The predicted octanol–water partition coefficient (Wildman–Crippen LogP) is 1.22. The van der Waals surface area contributed by atoms with Crippen LogP contribution in [0.25, 0.3) is 0 Å². The molecule has 0 aliphatic rings. The number of allylic oxidation sites excluding steroid dienone is 1.